The van der Waals surface area contributed by atoms with Gasteiger partial charge in [-0.15, -0.1) is 0 Å². The van der Waals surface area contributed by atoms with Crippen LogP contribution in [0.25, 0.3) is 0 Å². The summed E-state index contributed by atoms with van der Waals surface area (Å²) in [5, 5.41) is 33.7. The number of halogens is 3. The maximum absolute atomic E-state index is 11.5. The second kappa shape index (κ2) is 26.8. The molecule has 0 unspecified atom stereocenters. The Bertz CT molecular complexity index is 2380. The molecule has 0 bridgehead atoms. The quantitative estimate of drug-likeness (QED) is 0.0547. The zero-order valence-corrected chi connectivity index (χ0v) is 39.0. The van der Waals surface area contributed by atoms with Gasteiger partial charge in [-0.3, -0.25) is 0 Å². The molecule has 67 heavy (non-hydrogen) atoms. The summed E-state index contributed by atoms with van der Waals surface area (Å²) in [6.45, 7) is 6.00. The van der Waals surface area contributed by atoms with E-state index in [2.05, 4.69) is 0 Å². The first-order chi connectivity index (χ1) is 31.6. The summed E-state index contributed by atoms with van der Waals surface area (Å²) < 4.78 is 31.1. The number of hydrogen-bond acceptors (Lipinski definition) is 15. The molecule has 0 atom stereocenters. The second-order valence-corrected chi connectivity index (χ2v) is 14.0. The average molecular weight is 986 g/mol. The minimum absolute atomic E-state index is 0. The number of carboxylic acid groups (broad SMARTS) is 3. The molecule has 6 aromatic rings. The predicted octanol–water partition coefficient (Wildman–Crippen LogP) is 7.64. The minimum atomic E-state index is -1.39. The number of carbonyl (C=O) groups is 6. The standard InChI is InChI=1S/3C16H13ClO5.Al/c3*1-2-21-16(20)10-6-8-11(9-7-10)22-14-12(15(18)19)4-3-5-13(14)17;/h3*3-9H,2H2,1H3,(H,18,19);/q;;;+3/p-3. The molecule has 0 fully saturated rings. The number of esters is 3. The zero-order chi connectivity index (χ0) is 48.3. The number of ether oxygens (including phenoxy) is 6. The molecular formula is C48H36AlCl3O15. The van der Waals surface area contributed by atoms with Crippen LogP contribution < -0.4 is 29.5 Å². The summed E-state index contributed by atoms with van der Waals surface area (Å²) in [4.78, 5) is 67.8. The average Bonchev–Trinajstić information content (AvgIpc) is 3.29. The van der Waals surface area contributed by atoms with Crippen molar-refractivity contribution in [2.75, 3.05) is 19.8 Å². The predicted molar refractivity (Wildman–Crippen MR) is 241 cm³/mol. The summed E-state index contributed by atoms with van der Waals surface area (Å²) in [6, 6.07) is 31.2. The molecule has 0 aromatic heterocycles. The number of benzene rings is 6. The van der Waals surface area contributed by atoms with Crippen molar-refractivity contribution in [3.05, 3.63) is 176 Å². The summed E-state index contributed by atoms with van der Waals surface area (Å²) >= 11 is 17.9. The molecule has 6 rings (SSSR count). The van der Waals surface area contributed by atoms with Gasteiger partial charge in [-0.05, 0) is 130 Å². The number of hydrogen-bond donors (Lipinski definition) is 0. The molecule has 342 valence electrons. The maximum Gasteiger partial charge on any atom is 3.00 e. The van der Waals surface area contributed by atoms with Gasteiger partial charge in [0.2, 0.25) is 0 Å². The molecule has 0 saturated carbocycles. The van der Waals surface area contributed by atoms with Crippen molar-refractivity contribution in [3.8, 4) is 34.5 Å². The first-order valence-electron chi connectivity index (χ1n) is 19.4. The Labute approximate surface area is 409 Å². The molecule has 0 heterocycles. The number of para-hydroxylation sites is 3. The van der Waals surface area contributed by atoms with Gasteiger partial charge in [-0.1, -0.05) is 53.0 Å². The van der Waals surface area contributed by atoms with Crippen LogP contribution in [0, 0.1) is 0 Å². The van der Waals surface area contributed by atoms with Crippen molar-refractivity contribution >= 4 is 88.0 Å². The first-order valence-corrected chi connectivity index (χ1v) is 20.6. The van der Waals surface area contributed by atoms with Gasteiger partial charge in [0, 0.05) is 16.7 Å². The molecule has 0 spiro atoms. The van der Waals surface area contributed by atoms with E-state index < -0.39 is 35.8 Å². The van der Waals surface area contributed by atoms with Crippen LogP contribution in [-0.2, 0) is 14.2 Å². The molecule has 0 aliphatic heterocycles. The molecule has 0 amide bonds. The maximum atomic E-state index is 11.5. The van der Waals surface area contributed by atoms with E-state index in [0.29, 0.717) is 33.9 Å². The Morgan fingerprint density at radius 2 is 0.612 bits per heavy atom. The van der Waals surface area contributed by atoms with Gasteiger partial charge < -0.3 is 58.1 Å². The summed E-state index contributed by atoms with van der Waals surface area (Å²) in [7, 11) is 0. The van der Waals surface area contributed by atoms with E-state index >= 15 is 0 Å². The Hall–Kier alpha value is -7.06. The topological polar surface area (TPSA) is 227 Å². The SMILES string of the molecule is CCOC(=O)c1ccc(Oc2c(Cl)cccc2C(=O)[O-])cc1.CCOC(=O)c1ccc(Oc2c(Cl)cccc2C(=O)[O-])cc1.CCOC(=O)c1ccc(Oc2c(Cl)cccc2C(=O)[O-])cc1.[Al+3]. The van der Waals surface area contributed by atoms with Crippen LogP contribution in [0.4, 0.5) is 0 Å². The van der Waals surface area contributed by atoms with E-state index in [1.807, 2.05) is 0 Å². The van der Waals surface area contributed by atoms with Gasteiger partial charge in [0.15, 0.2) is 17.2 Å². The van der Waals surface area contributed by atoms with Crippen LogP contribution in [-0.4, -0.2) is 73.0 Å². The van der Waals surface area contributed by atoms with Gasteiger partial charge in [-0.25, -0.2) is 14.4 Å². The van der Waals surface area contributed by atoms with Gasteiger partial charge in [0.1, 0.15) is 17.2 Å². The van der Waals surface area contributed by atoms with Crippen molar-refractivity contribution in [2.45, 2.75) is 20.8 Å². The van der Waals surface area contributed by atoms with Gasteiger partial charge >= 0.3 is 35.3 Å². The largest absolute Gasteiger partial charge is 3.00 e. The van der Waals surface area contributed by atoms with E-state index in [4.69, 9.17) is 63.2 Å². The second-order valence-electron chi connectivity index (χ2n) is 12.8. The molecule has 6 aromatic carbocycles. The minimum Gasteiger partial charge on any atom is -0.545 e. The van der Waals surface area contributed by atoms with Gasteiger partial charge in [-0.2, -0.15) is 0 Å². The smallest absolute Gasteiger partial charge is 0.545 e. The third kappa shape index (κ3) is 15.8. The first kappa shape index (κ1) is 54.3. The molecule has 0 N–H and O–H groups in total. The summed E-state index contributed by atoms with van der Waals surface area (Å²) in [5.41, 5.74) is 0.654. The van der Waals surface area contributed by atoms with Gasteiger partial charge in [0.05, 0.1) is 69.5 Å². The van der Waals surface area contributed by atoms with Crippen molar-refractivity contribution < 1.29 is 72.5 Å². The Balaban J connectivity index is 0.000000264. The molecule has 0 aliphatic rings. The van der Waals surface area contributed by atoms with Gasteiger partial charge in [0.25, 0.3) is 0 Å². The van der Waals surface area contributed by atoms with E-state index in [1.165, 1.54) is 127 Å². The molecule has 19 heteroatoms. The van der Waals surface area contributed by atoms with E-state index in [0.717, 1.165) is 0 Å². The van der Waals surface area contributed by atoms with Crippen molar-refractivity contribution in [3.63, 3.8) is 0 Å². The molecule has 15 nitrogen and oxygen atoms in total. The molecular weight excluding hydrogens is 950 g/mol. The summed E-state index contributed by atoms with van der Waals surface area (Å²) in [5.74, 6) is -4.50. The molecule has 0 aliphatic carbocycles. The number of carbonyl (C=O) groups excluding carboxylic acids is 6. The van der Waals surface area contributed by atoms with Crippen LogP contribution >= 0.6 is 34.8 Å². The third-order valence-corrected chi connectivity index (χ3v) is 9.21. The van der Waals surface area contributed by atoms with Crippen molar-refractivity contribution in [2.24, 2.45) is 0 Å². The zero-order valence-electron chi connectivity index (χ0n) is 35.6. The van der Waals surface area contributed by atoms with E-state index in [1.54, 1.807) is 20.8 Å². The normalized spacial score (nSPS) is 9.94. The van der Waals surface area contributed by atoms with Crippen LogP contribution in [0.5, 0.6) is 34.5 Å². The van der Waals surface area contributed by atoms with Crippen LogP contribution in [0.1, 0.15) is 82.9 Å². The monoisotopic (exact) mass is 984 g/mol. The number of carboxylic acids is 3. The van der Waals surface area contributed by atoms with Crippen molar-refractivity contribution in [1.82, 2.24) is 0 Å². The van der Waals surface area contributed by atoms with E-state index in [9.17, 15) is 44.1 Å². The Kier molecular flexibility index (Phi) is 21.7. The number of rotatable bonds is 15. The fraction of sp³-hybridized carbons (Fsp3) is 0.125. The van der Waals surface area contributed by atoms with Crippen LogP contribution in [0.3, 0.4) is 0 Å². The molecule has 0 saturated heterocycles. The molecule has 0 radical (unpaired) electrons. The fourth-order valence-electron chi connectivity index (χ4n) is 5.29. The van der Waals surface area contributed by atoms with Crippen LogP contribution in [0.15, 0.2) is 127 Å². The third-order valence-electron chi connectivity index (χ3n) is 8.32. The number of aromatic carboxylic acids is 3. The van der Waals surface area contributed by atoms with Crippen LogP contribution in [0.2, 0.25) is 15.1 Å². The van der Waals surface area contributed by atoms with E-state index in [-0.39, 0.29) is 86.2 Å². The Morgan fingerprint density at radius 1 is 0.388 bits per heavy atom. The fourth-order valence-corrected chi connectivity index (χ4v) is 5.93. The summed E-state index contributed by atoms with van der Waals surface area (Å²) in [6.07, 6.45) is 0. The Morgan fingerprint density at radius 3 is 0.806 bits per heavy atom. The van der Waals surface area contributed by atoms with Crippen molar-refractivity contribution in [1.29, 1.82) is 0 Å².